The molecule has 1 aromatic rings. The summed E-state index contributed by atoms with van der Waals surface area (Å²) in [7, 11) is 1.90. The molecule has 0 radical (unpaired) electrons. The number of rotatable bonds is 5. The lowest BCUT2D eigenvalue weighted by Crippen LogP contribution is -2.32. The fourth-order valence-electron chi connectivity index (χ4n) is 3.57. The second-order valence-electron chi connectivity index (χ2n) is 6.18. The number of aromatic nitrogens is 2. The molecular weight excluding hydrogens is 288 g/mol. The lowest BCUT2D eigenvalue weighted by atomic mass is 9.71. The first-order valence-electron chi connectivity index (χ1n) is 7.90. The summed E-state index contributed by atoms with van der Waals surface area (Å²) >= 11 is 6.42. The molecule has 4 nitrogen and oxygen atoms in total. The van der Waals surface area contributed by atoms with Crippen LogP contribution in [0.3, 0.4) is 0 Å². The van der Waals surface area contributed by atoms with Gasteiger partial charge in [-0.1, -0.05) is 31.9 Å². The van der Waals surface area contributed by atoms with Crippen molar-refractivity contribution in [1.29, 1.82) is 0 Å². The average Bonchev–Trinajstić information content (AvgIpc) is 2.74. The van der Waals surface area contributed by atoms with Gasteiger partial charge in [0.25, 0.3) is 0 Å². The molecule has 0 saturated heterocycles. The molecule has 0 amide bonds. The van der Waals surface area contributed by atoms with Crippen LogP contribution in [0.15, 0.2) is 0 Å². The van der Waals surface area contributed by atoms with Gasteiger partial charge < -0.3 is 5.11 Å². The van der Waals surface area contributed by atoms with Crippen molar-refractivity contribution in [1.82, 2.24) is 9.78 Å². The Labute approximate surface area is 131 Å². The Hall–Kier alpha value is -1.03. The lowest BCUT2D eigenvalue weighted by molar-refractivity contribution is -0.145. The van der Waals surface area contributed by atoms with Gasteiger partial charge in [0.15, 0.2) is 0 Å². The summed E-state index contributed by atoms with van der Waals surface area (Å²) in [4.78, 5) is 11.5. The third-order valence-electron chi connectivity index (χ3n) is 4.94. The zero-order valence-electron chi connectivity index (χ0n) is 13.1. The molecule has 0 aliphatic heterocycles. The van der Waals surface area contributed by atoms with Gasteiger partial charge in [0, 0.05) is 7.05 Å². The minimum absolute atomic E-state index is 0.166. The molecule has 2 rings (SSSR count). The third kappa shape index (κ3) is 3.42. The van der Waals surface area contributed by atoms with E-state index in [-0.39, 0.29) is 11.8 Å². The number of hydrogen-bond acceptors (Lipinski definition) is 2. The van der Waals surface area contributed by atoms with Crippen LogP contribution in [0.2, 0.25) is 5.02 Å². The molecule has 1 heterocycles. The van der Waals surface area contributed by atoms with Crippen molar-refractivity contribution < 1.29 is 9.90 Å². The summed E-state index contributed by atoms with van der Waals surface area (Å²) in [5.74, 6) is -0.102. The molecule has 5 heteroatoms. The van der Waals surface area contributed by atoms with Crippen LogP contribution in [0.4, 0.5) is 0 Å². The van der Waals surface area contributed by atoms with E-state index in [1.165, 1.54) is 0 Å². The van der Waals surface area contributed by atoms with Gasteiger partial charge in [0.05, 0.1) is 22.3 Å². The topological polar surface area (TPSA) is 55.1 Å². The van der Waals surface area contributed by atoms with Crippen LogP contribution in [-0.4, -0.2) is 20.9 Å². The van der Waals surface area contributed by atoms with Crippen LogP contribution >= 0.6 is 11.6 Å². The van der Waals surface area contributed by atoms with E-state index in [4.69, 9.17) is 11.6 Å². The Kier molecular flexibility index (Phi) is 5.31. The maximum absolute atomic E-state index is 11.5. The largest absolute Gasteiger partial charge is 0.481 e. The van der Waals surface area contributed by atoms with Gasteiger partial charge >= 0.3 is 5.97 Å². The number of carboxylic acids is 1. The highest BCUT2D eigenvalue weighted by atomic mass is 35.5. The molecule has 1 aromatic heterocycles. The zero-order chi connectivity index (χ0) is 15.6. The van der Waals surface area contributed by atoms with Crippen molar-refractivity contribution >= 4 is 17.6 Å². The predicted octanol–water partition coefficient (Wildman–Crippen LogP) is 3.71. The van der Waals surface area contributed by atoms with Crippen molar-refractivity contribution in [3.8, 4) is 0 Å². The van der Waals surface area contributed by atoms with Gasteiger partial charge in [0.1, 0.15) is 0 Å². The van der Waals surface area contributed by atoms with E-state index in [1.54, 1.807) is 0 Å². The highest BCUT2D eigenvalue weighted by Gasteiger charge is 2.35. The first-order valence-corrected chi connectivity index (χ1v) is 8.28. The Morgan fingerprint density at radius 1 is 1.43 bits per heavy atom. The third-order valence-corrected chi connectivity index (χ3v) is 5.38. The molecule has 1 N–H and O–H groups in total. The van der Waals surface area contributed by atoms with E-state index in [1.807, 2.05) is 18.7 Å². The molecule has 1 aliphatic carbocycles. The van der Waals surface area contributed by atoms with Crippen molar-refractivity contribution in [3.05, 3.63) is 16.4 Å². The van der Waals surface area contributed by atoms with Crippen LogP contribution in [0.1, 0.15) is 50.9 Å². The summed E-state index contributed by atoms with van der Waals surface area (Å²) in [5.41, 5.74) is 1.89. The fraction of sp³-hybridized carbons (Fsp3) is 0.750. The maximum Gasteiger partial charge on any atom is 0.306 e. The van der Waals surface area contributed by atoms with E-state index in [0.29, 0.717) is 5.92 Å². The quantitative estimate of drug-likeness (QED) is 0.901. The average molecular weight is 313 g/mol. The molecule has 1 saturated carbocycles. The van der Waals surface area contributed by atoms with Gasteiger partial charge in [0.2, 0.25) is 0 Å². The molecule has 0 bridgehead atoms. The van der Waals surface area contributed by atoms with Crippen LogP contribution in [0.25, 0.3) is 0 Å². The summed E-state index contributed by atoms with van der Waals surface area (Å²) in [6.45, 7) is 4.22. The van der Waals surface area contributed by atoms with E-state index >= 15 is 0 Å². The Morgan fingerprint density at radius 2 is 2.14 bits per heavy atom. The summed E-state index contributed by atoms with van der Waals surface area (Å²) in [5, 5.41) is 14.6. The van der Waals surface area contributed by atoms with Gasteiger partial charge in [-0.05, 0) is 43.9 Å². The minimum Gasteiger partial charge on any atom is -0.481 e. The van der Waals surface area contributed by atoms with Crippen LogP contribution in [-0.2, 0) is 24.7 Å². The monoisotopic (exact) mass is 312 g/mol. The van der Waals surface area contributed by atoms with Crippen LogP contribution in [0.5, 0.6) is 0 Å². The van der Waals surface area contributed by atoms with Gasteiger partial charge in [-0.15, -0.1) is 0 Å². The second kappa shape index (κ2) is 6.82. The summed E-state index contributed by atoms with van der Waals surface area (Å²) in [6.07, 6.45) is 5.45. The fourth-order valence-corrected chi connectivity index (χ4v) is 3.94. The van der Waals surface area contributed by atoms with Crippen molar-refractivity contribution in [3.63, 3.8) is 0 Å². The molecule has 1 aliphatic rings. The first-order chi connectivity index (χ1) is 9.97. The molecule has 3 unspecified atom stereocenters. The number of aryl methyl sites for hydroxylation is 2. The summed E-state index contributed by atoms with van der Waals surface area (Å²) < 4.78 is 1.83. The Bertz CT molecular complexity index is 513. The number of hydrogen-bond donors (Lipinski definition) is 1. The van der Waals surface area contributed by atoms with Crippen LogP contribution < -0.4 is 0 Å². The molecule has 21 heavy (non-hydrogen) atoms. The van der Waals surface area contributed by atoms with Gasteiger partial charge in [-0.3, -0.25) is 9.48 Å². The van der Waals surface area contributed by atoms with E-state index in [9.17, 15) is 9.90 Å². The highest BCUT2D eigenvalue weighted by Crippen LogP contribution is 2.38. The van der Waals surface area contributed by atoms with Gasteiger partial charge in [-0.25, -0.2) is 0 Å². The highest BCUT2D eigenvalue weighted by molar-refractivity contribution is 6.31. The number of carboxylic acid groups (broad SMARTS) is 1. The SMILES string of the molecule is CCc1nn(C)c(CC2CC(CC)CCC2C(=O)O)c1Cl. The molecule has 118 valence electrons. The smallest absolute Gasteiger partial charge is 0.306 e. The number of halogens is 1. The zero-order valence-corrected chi connectivity index (χ0v) is 13.9. The van der Waals surface area contributed by atoms with E-state index in [0.717, 1.165) is 54.9 Å². The molecule has 0 aromatic carbocycles. The number of aliphatic carboxylic acids is 1. The number of carbonyl (C=O) groups is 1. The minimum atomic E-state index is -0.663. The van der Waals surface area contributed by atoms with Crippen LogP contribution in [0, 0.1) is 17.8 Å². The lowest BCUT2D eigenvalue weighted by Gasteiger charge is -2.33. The Morgan fingerprint density at radius 3 is 2.67 bits per heavy atom. The molecule has 0 spiro atoms. The summed E-state index contributed by atoms with van der Waals surface area (Å²) in [6, 6.07) is 0. The molecule has 3 atom stereocenters. The molecular formula is C16H25ClN2O2. The number of nitrogens with zero attached hydrogens (tertiary/aromatic N) is 2. The normalized spacial score (nSPS) is 26.0. The second-order valence-corrected chi connectivity index (χ2v) is 6.56. The standard InChI is InChI=1S/C16H25ClN2O2/c1-4-10-6-7-12(16(20)21)11(8-10)9-14-15(17)13(5-2)18-19(14)3/h10-12H,4-9H2,1-3H3,(H,20,21). The Balaban J connectivity index is 2.21. The van der Waals surface area contributed by atoms with E-state index in [2.05, 4.69) is 12.0 Å². The maximum atomic E-state index is 11.5. The van der Waals surface area contributed by atoms with E-state index < -0.39 is 5.97 Å². The van der Waals surface area contributed by atoms with Crippen molar-refractivity contribution in [2.45, 2.75) is 52.4 Å². The van der Waals surface area contributed by atoms with Gasteiger partial charge in [-0.2, -0.15) is 5.10 Å². The first kappa shape index (κ1) is 16.3. The van der Waals surface area contributed by atoms with Crippen molar-refractivity contribution in [2.75, 3.05) is 0 Å². The predicted molar refractivity (Wildman–Crippen MR) is 83.5 cm³/mol. The molecule has 1 fully saturated rings. The van der Waals surface area contributed by atoms with Crippen molar-refractivity contribution in [2.24, 2.45) is 24.8 Å².